The molecule has 2 nitrogen and oxygen atoms in total. The summed E-state index contributed by atoms with van der Waals surface area (Å²) in [6.45, 7) is 5.33. The van der Waals surface area contributed by atoms with Crippen LogP contribution in [0.4, 0.5) is 0 Å². The predicted octanol–water partition coefficient (Wildman–Crippen LogP) is 1.95. The highest BCUT2D eigenvalue weighted by molar-refractivity contribution is 7.32. The summed E-state index contributed by atoms with van der Waals surface area (Å²) in [6.07, 6.45) is 5.67. The second-order valence-electron chi connectivity index (χ2n) is 3.41. The maximum Gasteiger partial charge on any atom is 0.0975 e. The van der Waals surface area contributed by atoms with Crippen LogP contribution < -0.4 is 0 Å². The zero-order valence-electron chi connectivity index (χ0n) is 7.00. The van der Waals surface area contributed by atoms with Crippen molar-refractivity contribution in [1.29, 1.82) is 0 Å². The van der Waals surface area contributed by atoms with Crippen molar-refractivity contribution in [2.45, 2.75) is 25.7 Å². The summed E-state index contributed by atoms with van der Waals surface area (Å²) in [6, 6.07) is 0. The molecule has 0 spiro atoms. The minimum atomic E-state index is 1.33. The molecule has 0 aromatic rings. The third-order valence-electron chi connectivity index (χ3n) is 2.42. The number of rotatable bonds is 2. The molecule has 0 N–H and O–H groups in total. The van der Waals surface area contributed by atoms with E-state index >= 15 is 0 Å². The third-order valence-corrected chi connectivity index (χ3v) is 3.72. The van der Waals surface area contributed by atoms with Gasteiger partial charge in [-0.25, -0.2) is 0 Å². The fraction of sp³-hybridized carbons (Fsp3) is 1.00. The summed E-state index contributed by atoms with van der Waals surface area (Å²) in [4.78, 5) is 0. The Labute approximate surface area is 70.8 Å². The van der Waals surface area contributed by atoms with Crippen molar-refractivity contribution >= 4 is 8.88 Å². The smallest absolute Gasteiger partial charge is 0.0975 e. The van der Waals surface area contributed by atoms with Gasteiger partial charge in [0.15, 0.2) is 0 Å². The van der Waals surface area contributed by atoms with Gasteiger partial charge in [-0.2, -0.15) is 0 Å². The molecule has 0 aromatic heterocycles. The molecule has 2 fully saturated rings. The molecule has 0 aromatic carbocycles. The molecule has 1 radical (unpaired) electrons. The van der Waals surface area contributed by atoms with Gasteiger partial charge in [-0.1, -0.05) is 0 Å². The van der Waals surface area contributed by atoms with Crippen LogP contribution in [0.2, 0.25) is 0 Å². The average molecular weight is 171 g/mol. The van der Waals surface area contributed by atoms with E-state index in [2.05, 4.69) is 9.34 Å². The first-order valence-corrected chi connectivity index (χ1v) is 5.46. The first-order chi connectivity index (χ1) is 5.45. The van der Waals surface area contributed by atoms with Crippen LogP contribution in [0.3, 0.4) is 0 Å². The van der Waals surface area contributed by atoms with Crippen molar-refractivity contribution in [2.75, 3.05) is 26.2 Å². The molecule has 63 valence electrons. The predicted molar refractivity (Wildman–Crippen MR) is 48.5 cm³/mol. The topological polar surface area (TPSA) is 6.48 Å². The van der Waals surface area contributed by atoms with Crippen molar-refractivity contribution in [2.24, 2.45) is 0 Å². The fourth-order valence-electron chi connectivity index (χ4n) is 1.76. The van der Waals surface area contributed by atoms with Crippen molar-refractivity contribution in [3.63, 3.8) is 0 Å². The Hall–Kier alpha value is 0.350. The maximum atomic E-state index is 2.56. The van der Waals surface area contributed by atoms with Gasteiger partial charge in [-0.3, -0.25) is 9.34 Å². The van der Waals surface area contributed by atoms with Gasteiger partial charge in [-0.05, 0) is 25.7 Å². The molecule has 2 saturated heterocycles. The highest BCUT2D eigenvalue weighted by Crippen LogP contribution is 2.30. The van der Waals surface area contributed by atoms with Gasteiger partial charge in [0.25, 0.3) is 0 Å². The van der Waals surface area contributed by atoms with Crippen LogP contribution in [-0.4, -0.2) is 35.5 Å². The molecular weight excluding hydrogens is 155 g/mol. The normalized spacial score (nSPS) is 28.4. The van der Waals surface area contributed by atoms with E-state index in [-0.39, 0.29) is 0 Å². The van der Waals surface area contributed by atoms with Gasteiger partial charge in [0.1, 0.15) is 0 Å². The SMILES string of the molecule is C1CCN([P]N2CCCC2)C1. The lowest BCUT2D eigenvalue weighted by atomic mass is 10.4. The Bertz CT molecular complexity index is 103. The van der Waals surface area contributed by atoms with Gasteiger partial charge in [0, 0.05) is 26.2 Å². The number of hydrogen-bond acceptors (Lipinski definition) is 2. The first-order valence-electron chi connectivity index (χ1n) is 4.66. The summed E-state index contributed by atoms with van der Waals surface area (Å²) in [5.74, 6) is 0. The minimum absolute atomic E-state index is 1.33. The van der Waals surface area contributed by atoms with E-state index in [9.17, 15) is 0 Å². The second kappa shape index (κ2) is 3.84. The van der Waals surface area contributed by atoms with Crippen LogP contribution in [0.15, 0.2) is 0 Å². The van der Waals surface area contributed by atoms with Crippen LogP contribution >= 0.6 is 8.88 Å². The molecule has 0 saturated carbocycles. The minimum Gasteiger partial charge on any atom is -0.264 e. The van der Waals surface area contributed by atoms with Crippen LogP contribution in [0.25, 0.3) is 0 Å². The second-order valence-corrected chi connectivity index (χ2v) is 4.72. The van der Waals surface area contributed by atoms with Gasteiger partial charge in [-0.15, -0.1) is 0 Å². The van der Waals surface area contributed by atoms with Gasteiger partial charge in [0.2, 0.25) is 0 Å². The zero-order chi connectivity index (χ0) is 7.52. The van der Waals surface area contributed by atoms with Gasteiger partial charge in [0.05, 0.1) is 8.88 Å². The number of nitrogens with zero attached hydrogens (tertiary/aromatic N) is 2. The van der Waals surface area contributed by atoms with E-state index in [1.165, 1.54) is 60.7 Å². The van der Waals surface area contributed by atoms with Crippen molar-refractivity contribution in [1.82, 2.24) is 9.34 Å². The first kappa shape index (κ1) is 7.97. The summed E-state index contributed by atoms with van der Waals surface area (Å²) in [5, 5.41) is 0. The quantitative estimate of drug-likeness (QED) is 0.586. The molecule has 2 aliphatic rings. The molecule has 0 atom stereocenters. The lowest BCUT2D eigenvalue weighted by molar-refractivity contribution is 0.492. The summed E-state index contributed by atoms with van der Waals surface area (Å²) >= 11 is 0. The molecule has 0 unspecified atom stereocenters. The molecule has 11 heavy (non-hydrogen) atoms. The van der Waals surface area contributed by atoms with E-state index < -0.39 is 0 Å². The Morgan fingerprint density at radius 1 is 0.636 bits per heavy atom. The molecule has 0 bridgehead atoms. The fourth-order valence-corrected chi connectivity index (χ4v) is 3.04. The van der Waals surface area contributed by atoms with Gasteiger partial charge >= 0.3 is 0 Å². The number of hydrogen-bond donors (Lipinski definition) is 0. The van der Waals surface area contributed by atoms with E-state index in [1.807, 2.05) is 0 Å². The van der Waals surface area contributed by atoms with Crippen molar-refractivity contribution < 1.29 is 0 Å². The lowest BCUT2D eigenvalue weighted by Crippen LogP contribution is -2.17. The largest absolute Gasteiger partial charge is 0.264 e. The van der Waals surface area contributed by atoms with Crippen LogP contribution in [0.5, 0.6) is 0 Å². The molecular formula is C8H16N2P. The van der Waals surface area contributed by atoms with E-state index in [4.69, 9.17) is 0 Å². The standard InChI is InChI=1S/C8H16N2P/c1-2-6-9(5-1)11-10-7-3-4-8-10/h1-8H2. The van der Waals surface area contributed by atoms with Crippen LogP contribution in [0, 0.1) is 0 Å². The molecule has 2 heterocycles. The molecule has 0 aliphatic carbocycles. The Morgan fingerprint density at radius 2 is 1.00 bits per heavy atom. The maximum absolute atomic E-state index is 2.56. The van der Waals surface area contributed by atoms with Crippen molar-refractivity contribution in [3.05, 3.63) is 0 Å². The van der Waals surface area contributed by atoms with Crippen molar-refractivity contribution in [3.8, 4) is 0 Å². The Balaban J connectivity index is 1.71. The summed E-state index contributed by atoms with van der Waals surface area (Å²) in [5.41, 5.74) is 0. The average Bonchev–Trinajstić information content (AvgIpc) is 2.60. The third kappa shape index (κ3) is 2.14. The molecule has 0 amide bonds. The Kier molecular flexibility index (Phi) is 2.78. The van der Waals surface area contributed by atoms with E-state index in [0.717, 1.165) is 0 Å². The lowest BCUT2D eigenvalue weighted by Gasteiger charge is -2.20. The Morgan fingerprint density at radius 3 is 1.36 bits per heavy atom. The van der Waals surface area contributed by atoms with E-state index in [1.54, 1.807) is 0 Å². The molecule has 2 aliphatic heterocycles. The highest BCUT2D eigenvalue weighted by atomic mass is 31.1. The summed E-state index contributed by atoms with van der Waals surface area (Å²) < 4.78 is 5.12. The highest BCUT2D eigenvalue weighted by Gasteiger charge is 2.18. The van der Waals surface area contributed by atoms with Crippen LogP contribution in [0.1, 0.15) is 25.7 Å². The molecule has 2 rings (SSSR count). The van der Waals surface area contributed by atoms with Crippen LogP contribution in [-0.2, 0) is 0 Å². The monoisotopic (exact) mass is 171 g/mol. The van der Waals surface area contributed by atoms with Gasteiger partial charge < -0.3 is 0 Å². The van der Waals surface area contributed by atoms with E-state index in [0.29, 0.717) is 0 Å². The molecule has 3 heteroatoms. The summed E-state index contributed by atoms with van der Waals surface area (Å²) in [7, 11) is 1.49. The zero-order valence-corrected chi connectivity index (χ0v) is 7.89.